The fourth-order valence-electron chi connectivity index (χ4n) is 2.36. The molecule has 0 aliphatic heterocycles. The van der Waals surface area contributed by atoms with Crippen molar-refractivity contribution >= 4 is 28.8 Å². The van der Waals surface area contributed by atoms with Crippen LogP contribution >= 0.6 is 22.9 Å². The minimum atomic E-state index is -4.30. The molecule has 0 saturated carbocycles. The number of methoxy groups -OCH3 is 1. The van der Waals surface area contributed by atoms with Crippen molar-refractivity contribution in [1.82, 2.24) is 4.57 Å². The molecule has 0 atom stereocenters. The van der Waals surface area contributed by atoms with Crippen molar-refractivity contribution < 1.29 is 17.9 Å². The fraction of sp³-hybridized carbons (Fsp3) is 0.421. The van der Waals surface area contributed by atoms with E-state index in [1.54, 1.807) is 30.6 Å². The number of ether oxygens (including phenoxy) is 1. The quantitative estimate of drug-likeness (QED) is 0.365. The van der Waals surface area contributed by atoms with Gasteiger partial charge in [0.15, 0.2) is 10.6 Å². The Hall–Kier alpha value is -2.31. The summed E-state index contributed by atoms with van der Waals surface area (Å²) in [5, 5.41) is 9.48. The van der Waals surface area contributed by atoms with Crippen molar-refractivity contribution in [3.05, 3.63) is 44.7 Å². The summed E-state index contributed by atoms with van der Waals surface area (Å²) < 4.78 is 45.0. The van der Waals surface area contributed by atoms with Gasteiger partial charge in [-0.25, -0.2) is 0 Å². The Morgan fingerprint density at radius 3 is 2.55 bits per heavy atom. The van der Waals surface area contributed by atoms with Gasteiger partial charge in [-0.05, 0) is 23.6 Å². The molecule has 0 saturated heterocycles. The number of halogens is 4. The number of nitriles is 1. The van der Waals surface area contributed by atoms with Crippen LogP contribution in [0.4, 0.5) is 13.2 Å². The van der Waals surface area contributed by atoms with Crippen LogP contribution in [0, 0.1) is 11.5 Å². The van der Waals surface area contributed by atoms with E-state index < -0.39 is 12.6 Å². The number of hydrogen-bond donors (Lipinski definition) is 0. The number of hydrogen-bond acceptors (Lipinski definition) is 4. The van der Waals surface area contributed by atoms with Crippen LogP contribution in [0.25, 0.3) is 0 Å². The van der Waals surface area contributed by atoms with Gasteiger partial charge >= 0.3 is 6.18 Å². The molecule has 0 radical (unpaired) electrons. The maximum absolute atomic E-state index is 12.8. The largest absolute Gasteiger partial charge is 0.496 e. The average molecular weight is 445 g/mol. The van der Waals surface area contributed by atoms with Gasteiger partial charge in [-0.15, -0.1) is 11.3 Å². The Balaban J connectivity index is 2.65. The number of aromatic nitrogens is 1. The zero-order chi connectivity index (χ0) is 21.8. The highest BCUT2D eigenvalue weighted by Crippen LogP contribution is 2.27. The van der Waals surface area contributed by atoms with E-state index >= 15 is 0 Å². The first-order valence-electron chi connectivity index (χ1n) is 8.57. The highest BCUT2D eigenvalue weighted by molar-refractivity contribution is 7.09. The Morgan fingerprint density at radius 1 is 1.31 bits per heavy atom. The van der Waals surface area contributed by atoms with Crippen LogP contribution in [-0.2, 0) is 12.0 Å². The first-order chi connectivity index (χ1) is 13.4. The van der Waals surface area contributed by atoms with E-state index in [4.69, 9.17) is 21.6 Å². The summed E-state index contributed by atoms with van der Waals surface area (Å²) in [5.74, 6) is 0.400. The first kappa shape index (κ1) is 23.0. The number of alkyl halides is 3. The first-order valence-corrected chi connectivity index (χ1v) is 9.77. The predicted octanol–water partition coefficient (Wildman–Crippen LogP) is 5.29. The number of nitrogens with zero attached hydrogens (tertiary/aromatic N) is 4. The summed E-state index contributed by atoms with van der Waals surface area (Å²) >= 11 is 7.30. The molecule has 0 spiro atoms. The minimum Gasteiger partial charge on any atom is -0.496 e. The lowest BCUT2D eigenvalue weighted by Crippen LogP contribution is -2.20. The van der Waals surface area contributed by atoms with Crippen LogP contribution in [0.15, 0.2) is 34.4 Å². The zero-order valence-corrected chi connectivity index (χ0v) is 17.9. The average Bonchev–Trinajstić information content (AvgIpc) is 3.02. The number of aryl methyl sites for hydroxylation is 1. The second kappa shape index (κ2) is 9.01. The van der Waals surface area contributed by atoms with E-state index in [1.165, 1.54) is 23.0 Å². The van der Waals surface area contributed by atoms with Gasteiger partial charge < -0.3 is 9.30 Å². The van der Waals surface area contributed by atoms with Crippen molar-refractivity contribution in [1.29, 1.82) is 5.26 Å². The van der Waals surface area contributed by atoms with E-state index in [-0.39, 0.29) is 17.8 Å². The lowest BCUT2D eigenvalue weighted by molar-refractivity contribution is -0.136. The molecule has 0 amide bonds. The molecule has 2 aromatic rings. The van der Waals surface area contributed by atoms with Crippen molar-refractivity contribution in [2.45, 2.75) is 45.3 Å². The molecule has 2 rings (SSSR count). The van der Waals surface area contributed by atoms with Crippen molar-refractivity contribution in [3.8, 4) is 11.9 Å². The fourth-order valence-corrected chi connectivity index (χ4v) is 3.61. The highest BCUT2D eigenvalue weighted by atomic mass is 35.5. The summed E-state index contributed by atoms with van der Waals surface area (Å²) in [4.78, 5) is 9.31. The number of aliphatic imine (C=N–C) groups is 1. The number of amidine groups is 1. The topological polar surface area (TPSA) is 62.7 Å². The molecule has 0 fully saturated rings. The zero-order valence-electron chi connectivity index (χ0n) is 16.3. The van der Waals surface area contributed by atoms with E-state index in [1.807, 2.05) is 20.8 Å². The summed E-state index contributed by atoms with van der Waals surface area (Å²) in [5.41, 5.74) is 0.0910. The van der Waals surface area contributed by atoms with Crippen LogP contribution in [0.2, 0.25) is 5.02 Å². The molecule has 0 unspecified atom stereocenters. The predicted molar refractivity (Wildman–Crippen MR) is 107 cm³/mol. The van der Waals surface area contributed by atoms with Gasteiger partial charge in [0.25, 0.3) is 0 Å². The Kier molecular flexibility index (Phi) is 7.14. The number of benzene rings is 1. The SMILES string of the molecule is COc1ccc(Cl)cc1C(/N=c1\sc(C(C)(C)C)cn1CCC(F)(F)F)=N\C#N. The second-order valence-corrected chi connectivity index (χ2v) is 8.62. The van der Waals surface area contributed by atoms with Crippen LogP contribution in [0.5, 0.6) is 5.75 Å². The Labute approximate surface area is 175 Å². The summed E-state index contributed by atoms with van der Waals surface area (Å²) in [7, 11) is 1.45. The summed E-state index contributed by atoms with van der Waals surface area (Å²) in [6.45, 7) is 5.59. The van der Waals surface area contributed by atoms with Gasteiger partial charge in [0.1, 0.15) is 5.75 Å². The van der Waals surface area contributed by atoms with Gasteiger partial charge in [-0.2, -0.15) is 28.4 Å². The smallest absolute Gasteiger partial charge is 0.390 e. The Bertz CT molecular complexity index is 1010. The molecule has 5 nitrogen and oxygen atoms in total. The third kappa shape index (κ3) is 6.34. The molecule has 29 heavy (non-hydrogen) atoms. The normalized spacial score (nSPS) is 13.5. The third-order valence-corrected chi connectivity index (χ3v) is 5.54. The molecular weight excluding hydrogens is 425 g/mol. The van der Waals surface area contributed by atoms with Crippen LogP contribution in [0.3, 0.4) is 0 Å². The van der Waals surface area contributed by atoms with Gasteiger partial charge in [-0.1, -0.05) is 32.4 Å². The van der Waals surface area contributed by atoms with Gasteiger partial charge in [0.2, 0.25) is 6.19 Å². The van der Waals surface area contributed by atoms with E-state index in [2.05, 4.69) is 9.98 Å². The van der Waals surface area contributed by atoms with Crippen molar-refractivity contribution in [2.75, 3.05) is 7.11 Å². The molecule has 1 aromatic carbocycles. The van der Waals surface area contributed by atoms with Crippen molar-refractivity contribution in [3.63, 3.8) is 0 Å². The number of rotatable bonds is 4. The lowest BCUT2D eigenvalue weighted by atomic mass is 9.95. The molecule has 1 aromatic heterocycles. The Morgan fingerprint density at radius 2 is 2.00 bits per heavy atom. The monoisotopic (exact) mass is 444 g/mol. The summed E-state index contributed by atoms with van der Waals surface area (Å²) in [6.07, 6.45) is -1.95. The van der Waals surface area contributed by atoms with Crippen LogP contribution in [0.1, 0.15) is 37.6 Å². The van der Waals surface area contributed by atoms with Crippen molar-refractivity contribution in [2.24, 2.45) is 9.98 Å². The molecule has 156 valence electrons. The molecule has 0 N–H and O–H groups in total. The molecular formula is C19H20ClF3N4OS. The standard InChI is InChI=1S/C19H20ClF3N4OS/c1-18(2,3)15-10-27(8-7-19(21,22)23)17(29-15)26-16(25-11-24)13-9-12(20)5-6-14(13)28-4/h5-6,9-10H,7-8H2,1-4H3/b25-16+,26-17-. The van der Waals surface area contributed by atoms with Crippen LogP contribution < -0.4 is 9.54 Å². The third-order valence-electron chi connectivity index (χ3n) is 3.86. The van der Waals surface area contributed by atoms with Gasteiger partial charge in [0, 0.05) is 22.6 Å². The van der Waals surface area contributed by atoms with Crippen LogP contribution in [-0.4, -0.2) is 23.7 Å². The lowest BCUT2D eigenvalue weighted by Gasteiger charge is -2.14. The molecule has 0 aliphatic rings. The molecule has 0 bridgehead atoms. The molecule has 10 heteroatoms. The number of thiazole rings is 1. The maximum Gasteiger partial charge on any atom is 0.390 e. The second-order valence-electron chi connectivity index (χ2n) is 7.18. The van der Waals surface area contributed by atoms with Gasteiger partial charge in [-0.3, -0.25) is 0 Å². The summed E-state index contributed by atoms with van der Waals surface area (Å²) in [6, 6.07) is 4.76. The molecule has 1 heterocycles. The minimum absolute atomic E-state index is 0.00918. The highest BCUT2D eigenvalue weighted by Gasteiger charge is 2.27. The van der Waals surface area contributed by atoms with E-state index in [0.717, 1.165) is 4.88 Å². The van der Waals surface area contributed by atoms with E-state index in [0.29, 0.717) is 21.1 Å². The maximum atomic E-state index is 12.8. The van der Waals surface area contributed by atoms with Gasteiger partial charge in [0.05, 0.1) is 19.1 Å². The van der Waals surface area contributed by atoms with E-state index in [9.17, 15) is 13.2 Å². The molecule has 0 aliphatic carbocycles.